The fourth-order valence-electron chi connectivity index (χ4n) is 3.86. The van der Waals surface area contributed by atoms with Crippen LogP contribution in [-0.2, 0) is 0 Å². The molecule has 0 N–H and O–H groups in total. The predicted molar refractivity (Wildman–Crippen MR) is 129 cm³/mol. The van der Waals surface area contributed by atoms with E-state index in [1.165, 1.54) is 23.0 Å². The summed E-state index contributed by atoms with van der Waals surface area (Å²) >= 11 is 7.30. The lowest BCUT2D eigenvalue weighted by atomic mass is 10.1. The summed E-state index contributed by atoms with van der Waals surface area (Å²) < 4.78 is 38.4. The number of ether oxygens (including phenoxy) is 2. The van der Waals surface area contributed by atoms with E-state index in [1.807, 2.05) is 12.1 Å². The minimum Gasteiger partial charge on any atom is -0.493 e. The van der Waals surface area contributed by atoms with Crippen LogP contribution in [-0.4, -0.2) is 53.7 Å². The van der Waals surface area contributed by atoms with Crippen molar-refractivity contribution in [2.24, 2.45) is 0 Å². The van der Waals surface area contributed by atoms with Crippen LogP contribution in [0.5, 0.6) is 11.5 Å². The number of hydrogen-bond donors (Lipinski definition) is 0. The van der Waals surface area contributed by atoms with Crippen molar-refractivity contribution in [3.8, 4) is 27.8 Å². The van der Waals surface area contributed by atoms with E-state index in [2.05, 4.69) is 4.98 Å². The number of pyridine rings is 1. The number of rotatable bonds is 7. The topological polar surface area (TPSA) is 56.6 Å². The zero-order valence-electron chi connectivity index (χ0n) is 18.1. The van der Waals surface area contributed by atoms with Gasteiger partial charge in [-0.05, 0) is 30.3 Å². The average Bonchev–Trinajstić information content (AvgIpc) is 3.24. The molecule has 0 unspecified atom stereocenters. The van der Waals surface area contributed by atoms with E-state index in [1.54, 1.807) is 47.5 Å². The first-order valence-electron chi connectivity index (χ1n) is 10.5. The number of halogens is 3. The molecule has 2 aromatic heterocycles. The minimum atomic E-state index is -2.36. The smallest absolute Gasteiger partial charge is 0.274 e. The zero-order valence-corrected chi connectivity index (χ0v) is 19.7. The number of alkyl halides is 2. The molecule has 6 nitrogen and oxygen atoms in total. The van der Waals surface area contributed by atoms with Crippen molar-refractivity contribution in [3.63, 3.8) is 0 Å². The summed E-state index contributed by atoms with van der Waals surface area (Å²) in [7, 11) is 1.52. The van der Waals surface area contributed by atoms with Crippen molar-refractivity contribution in [1.29, 1.82) is 0 Å². The van der Waals surface area contributed by atoms with Gasteiger partial charge in [-0.2, -0.15) is 0 Å². The van der Waals surface area contributed by atoms with Gasteiger partial charge >= 0.3 is 0 Å². The molecule has 0 atom stereocenters. The van der Waals surface area contributed by atoms with E-state index in [4.69, 9.17) is 21.1 Å². The third-order valence-electron chi connectivity index (χ3n) is 5.58. The monoisotopic (exact) mass is 503 g/mol. The first kappa shape index (κ1) is 22.8. The maximum absolute atomic E-state index is 13.2. The van der Waals surface area contributed by atoms with Gasteiger partial charge in [0.1, 0.15) is 15.8 Å². The molecule has 0 radical (unpaired) electrons. The summed E-state index contributed by atoms with van der Waals surface area (Å²) in [6.45, 7) is 0.623. The van der Waals surface area contributed by atoms with E-state index >= 15 is 0 Å². The van der Waals surface area contributed by atoms with E-state index in [0.717, 1.165) is 10.6 Å². The van der Waals surface area contributed by atoms with Crippen LogP contribution in [0.2, 0.25) is 5.02 Å². The summed E-state index contributed by atoms with van der Waals surface area (Å²) in [4.78, 5) is 19.5. The molecule has 5 rings (SSSR count). The maximum atomic E-state index is 13.2. The molecule has 1 aliphatic rings. The van der Waals surface area contributed by atoms with Gasteiger partial charge in [-0.3, -0.25) is 14.3 Å². The highest BCUT2D eigenvalue weighted by Gasteiger charge is 2.31. The van der Waals surface area contributed by atoms with Crippen LogP contribution < -0.4 is 15.0 Å². The molecule has 4 aromatic rings. The molecular formula is C24H20ClF2N3O3S. The van der Waals surface area contributed by atoms with E-state index < -0.39 is 6.43 Å². The van der Waals surface area contributed by atoms with Gasteiger partial charge in [0.2, 0.25) is 0 Å². The highest BCUT2D eigenvalue weighted by Crippen LogP contribution is 2.33. The Kier molecular flexibility index (Phi) is 6.24. The molecule has 10 heteroatoms. The Bertz CT molecular complexity index is 1380. The highest BCUT2D eigenvalue weighted by molar-refractivity contribution is 7.21. The van der Waals surface area contributed by atoms with Gasteiger partial charge in [0.05, 0.1) is 24.9 Å². The molecule has 0 amide bonds. The van der Waals surface area contributed by atoms with E-state index in [9.17, 15) is 13.6 Å². The summed E-state index contributed by atoms with van der Waals surface area (Å²) in [5.74, 6) is 0.966. The Balaban J connectivity index is 1.40. The molecular weight excluding hydrogens is 484 g/mol. The van der Waals surface area contributed by atoms with Crippen molar-refractivity contribution in [2.45, 2.75) is 12.5 Å². The van der Waals surface area contributed by atoms with Gasteiger partial charge in [0.15, 0.2) is 11.5 Å². The second kappa shape index (κ2) is 9.32. The van der Waals surface area contributed by atoms with Gasteiger partial charge in [-0.1, -0.05) is 23.7 Å². The van der Waals surface area contributed by atoms with E-state index in [0.29, 0.717) is 45.5 Å². The summed E-state index contributed by atoms with van der Waals surface area (Å²) in [6.07, 6.45) is -0.855. The highest BCUT2D eigenvalue weighted by atomic mass is 35.5. The van der Waals surface area contributed by atoms with E-state index in [-0.39, 0.29) is 18.2 Å². The Morgan fingerprint density at radius 1 is 1.15 bits per heavy atom. The van der Waals surface area contributed by atoms with Crippen molar-refractivity contribution in [3.05, 3.63) is 70.1 Å². The lowest BCUT2D eigenvalue weighted by Crippen LogP contribution is -2.55. The molecule has 0 saturated carbocycles. The number of benzene rings is 2. The van der Waals surface area contributed by atoms with Crippen LogP contribution in [0.1, 0.15) is 0 Å². The SMILES string of the molecule is COc1cc(-n2ccc3nc(-c4ccc(Cl)cc4)sc3c2=O)ccc1OC1CN(CC(F)F)C1. The summed E-state index contributed by atoms with van der Waals surface area (Å²) in [5, 5.41) is 1.38. The largest absolute Gasteiger partial charge is 0.493 e. The summed E-state index contributed by atoms with van der Waals surface area (Å²) in [5.41, 5.74) is 1.95. The lowest BCUT2D eigenvalue weighted by molar-refractivity contribution is -0.0173. The van der Waals surface area contributed by atoms with Crippen LogP contribution in [0.4, 0.5) is 8.78 Å². The fraction of sp³-hybridized carbons (Fsp3) is 0.250. The Morgan fingerprint density at radius 3 is 2.62 bits per heavy atom. The first-order valence-corrected chi connectivity index (χ1v) is 11.7. The Labute approximate surface area is 202 Å². The Hall–Kier alpha value is -3.01. The molecule has 2 aromatic carbocycles. The molecule has 0 spiro atoms. The van der Waals surface area contributed by atoms with Gasteiger partial charge in [0.25, 0.3) is 12.0 Å². The zero-order chi connectivity index (χ0) is 23.8. The number of nitrogens with zero attached hydrogens (tertiary/aromatic N) is 3. The number of likely N-dealkylation sites (tertiary alicyclic amines) is 1. The van der Waals surface area contributed by atoms with Crippen LogP contribution in [0.3, 0.4) is 0 Å². The standard InChI is InChI=1S/C24H20ClF2N3O3S/c1-32-20-10-16(6-7-19(20)33-17-11-29(12-17)13-21(26)27)30-9-8-18-22(24(30)31)34-23(28-18)14-2-4-15(25)5-3-14/h2-10,17,21H,11-13H2,1H3. The number of fused-ring (bicyclic) bond motifs is 1. The average molecular weight is 504 g/mol. The third kappa shape index (κ3) is 4.51. The molecule has 176 valence electrons. The predicted octanol–water partition coefficient (Wildman–Crippen LogP) is 5.10. The molecule has 1 aliphatic heterocycles. The maximum Gasteiger partial charge on any atom is 0.274 e. The first-order chi connectivity index (χ1) is 16.4. The summed E-state index contributed by atoms with van der Waals surface area (Å²) in [6, 6.07) is 14.3. The molecule has 1 fully saturated rings. The van der Waals surface area contributed by atoms with Crippen molar-refractivity contribution < 1.29 is 18.3 Å². The van der Waals surface area contributed by atoms with Crippen LogP contribution in [0.15, 0.2) is 59.5 Å². The molecule has 34 heavy (non-hydrogen) atoms. The van der Waals surface area contributed by atoms with Crippen LogP contribution in [0.25, 0.3) is 26.5 Å². The molecule has 0 bridgehead atoms. The minimum absolute atomic E-state index is 0.180. The van der Waals surface area contributed by atoms with Gasteiger partial charge in [-0.25, -0.2) is 13.8 Å². The third-order valence-corrected chi connectivity index (χ3v) is 6.94. The van der Waals surface area contributed by atoms with Gasteiger partial charge < -0.3 is 9.47 Å². The number of thiazole rings is 1. The number of aromatic nitrogens is 2. The number of hydrogen-bond acceptors (Lipinski definition) is 6. The second-order valence-electron chi connectivity index (χ2n) is 7.92. The van der Waals surface area contributed by atoms with Crippen LogP contribution >= 0.6 is 22.9 Å². The van der Waals surface area contributed by atoms with Crippen molar-refractivity contribution in [1.82, 2.24) is 14.5 Å². The van der Waals surface area contributed by atoms with Crippen molar-refractivity contribution in [2.75, 3.05) is 26.7 Å². The number of methoxy groups -OCH3 is 1. The quantitative estimate of drug-likeness (QED) is 0.351. The van der Waals surface area contributed by atoms with Crippen molar-refractivity contribution >= 4 is 33.2 Å². The normalized spacial score (nSPS) is 14.5. The molecule has 3 heterocycles. The van der Waals surface area contributed by atoms with Gasteiger partial charge in [-0.15, -0.1) is 11.3 Å². The molecule has 0 aliphatic carbocycles. The second-order valence-corrected chi connectivity index (χ2v) is 9.35. The lowest BCUT2D eigenvalue weighted by Gasteiger charge is -2.38. The Morgan fingerprint density at radius 2 is 1.91 bits per heavy atom. The molecule has 1 saturated heterocycles. The van der Waals surface area contributed by atoms with Gasteiger partial charge in [0, 0.05) is 35.9 Å². The van der Waals surface area contributed by atoms with Crippen LogP contribution in [0, 0.1) is 0 Å². The fourth-order valence-corrected chi connectivity index (χ4v) is 4.99.